The van der Waals surface area contributed by atoms with Crippen molar-refractivity contribution in [2.75, 3.05) is 32.1 Å². The van der Waals surface area contributed by atoms with Crippen molar-refractivity contribution in [3.05, 3.63) is 24.0 Å². The monoisotopic (exact) mass is 374 g/mol. The number of ether oxygens (including phenoxy) is 1. The van der Waals surface area contributed by atoms with Gasteiger partial charge in [-0.05, 0) is 51.1 Å². The van der Waals surface area contributed by atoms with Gasteiger partial charge in [0.05, 0.1) is 23.1 Å². The first kappa shape index (κ1) is 20.7. The maximum Gasteiger partial charge on any atom is 0.233 e. The molecule has 1 aliphatic rings. The molecule has 2 heterocycles. The largest absolute Gasteiger partial charge is 0.384 e. The maximum absolute atomic E-state index is 12.8. The summed E-state index contributed by atoms with van der Waals surface area (Å²) in [5, 5.41) is 6.34. The third-order valence-corrected chi connectivity index (χ3v) is 4.32. The van der Waals surface area contributed by atoms with Crippen molar-refractivity contribution in [3.8, 4) is 0 Å². The normalized spacial score (nSPS) is 16.1. The van der Waals surface area contributed by atoms with Crippen LogP contribution in [0.1, 0.15) is 18.7 Å². The van der Waals surface area contributed by atoms with Crippen LogP contribution in [0.25, 0.3) is 11.0 Å². The van der Waals surface area contributed by atoms with Crippen molar-refractivity contribution < 1.29 is 9.53 Å². The number of hydrogen-bond donors (Lipinski definition) is 3. The summed E-state index contributed by atoms with van der Waals surface area (Å²) in [7, 11) is 1.65. The lowest BCUT2D eigenvalue weighted by Gasteiger charge is -2.35. The summed E-state index contributed by atoms with van der Waals surface area (Å²) in [4.78, 5) is 20.3. The molecule has 1 saturated heterocycles. The quantitative estimate of drug-likeness (QED) is 0.768. The number of halogens is 2. The molecule has 3 rings (SSSR count). The molecule has 0 bridgehead atoms. The van der Waals surface area contributed by atoms with Crippen LogP contribution in [-0.4, -0.2) is 42.7 Å². The number of H-pyrrole nitrogens is 1. The van der Waals surface area contributed by atoms with Gasteiger partial charge in [-0.25, -0.2) is 4.98 Å². The Bertz CT molecular complexity index is 678. The number of carbonyl (C=O) groups is 1. The smallest absolute Gasteiger partial charge is 0.233 e. The third-order valence-electron chi connectivity index (χ3n) is 4.32. The SMILES string of the molecule is COCC1(C(=O)Nc2ccc3nc(C)[nH]c3c2)CCNCC1.Cl.Cl. The van der Waals surface area contributed by atoms with Gasteiger partial charge >= 0.3 is 0 Å². The van der Waals surface area contributed by atoms with Crippen LogP contribution in [0.4, 0.5) is 5.69 Å². The van der Waals surface area contributed by atoms with Crippen LogP contribution in [-0.2, 0) is 9.53 Å². The summed E-state index contributed by atoms with van der Waals surface area (Å²) < 4.78 is 5.31. The van der Waals surface area contributed by atoms with Crippen molar-refractivity contribution in [3.63, 3.8) is 0 Å². The van der Waals surface area contributed by atoms with E-state index in [1.165, 1.54) is 0 Å². The molecule has 0 atom stereocenters. The highest BCUT2D eigenvalue weighted by Crippen LogP contribution is 2.31. The average Bonchev–Trinajstić information content (AvgIpc) is 2.88. The van der Waals surface area contributed by atoms with E-state index in [1.54, 1.807) is 7.11 Å². The summed E-state index contributed by atoms with van der Waals surface area (Å²) in [6, 6.07) is 5.73. The van der Waals surface area contributed by atoms with Crippen molar-refractivity contribution in [1.29, 1.82) is 0 Å². The molecule has 2 aromatic rings. The molecule has 3 N–H and O–H groups in total. The highest BCUT2D eigenvalue weighted by Gasteiger charge is 2.39. The van der Waals surface area contributed by atoms with Gasteiger partial charge in [-0.2, -0.15) is 0 Å². The highest BCUT2D eigenvalue weighted by molar-refractivity contribution is 5.97. The van der Waals surface area contributed by atoms with Gasteiger partial charge in [0.2, 0.25) is 5.91 Å². The Kier molecular flexibility index (Phi) is 7.48. The van der Waals surface area contributed by atoms with Crippen molar-refractivity contribution >= 4 is 47.4 Å². The first-order valence-corrected chi connectivity index (χ1v) is 7.60. The van der Waals surface area contributed by atoms with E-state index in [-0.39, 0.29) is 30.7 Å². The van der Waals surface area contributed by atoms with Gasteiger partial charge in [0.25, 0.3) is 0 Å². The molecular weight excluding hydrogens is 351 g/mol. The fourth-order valence-corrected chi connectivity index (χ4v) is 3.10. The zero-order chi connectivity index (χ0) is 15.6. The lowest BCUT2D eigenvalue weighted by molar-refractivity contribution is -0.130. The Morgan fingerprint density at radius 1 is 1.33 bits per heavy atom. The minimum atomic E-state index is -0.446. The summed E-state index contributed by atoms with van der Waals surface area (Å²) in [6.45, 7) is 4.05. The van der Waals surface area contributed by atoms with Crippen molar-refractivity contribution in [2.24, 2.45) is 5.41 Å². The minimum absolute atomic E-state index is 0. The van der Waals surface area contributed by atoms with Crippen LogP contribution >= 0.6 is 24.8 Å². The number of carbonyl (C=O) groups excluding carboxylic acids is 1. The second-order valence-corrected chi connectivity index (χ2v) is 5.97. The van der Waals surface area contributed by atoms with E-state index in [1.807, 2.05) is 25.1 Å². The Labute approximate surface area is 154 Å². The van der Waals surface area contributed by atoms with Gasteiger partial charge in [0, 0.05) is 12.8 Å². The topological polar surface area (TPSA) is 79.0 Å². The number of hydrogen-bond acceptors (Lipinski definition) is 4. The first-order chi connectivity index (χ1) is 10.6. The van der Waals surface area contributed by atoms with Crippen LogP contribution in [0, 0.1) is 12.3 Å². The number of amides is 1. The van der Waals surface area contributed by atoms with Crippen LogP contribution < -0.4 is 10.6 Å². The first-order valence-electron chi connectivity index (χ1n) is 7.60. The van der Waals surface area contributed by atoms with Gasteiger partial charge in [-0.15, -0.1) is 24.8 Å². The Morgan fingerprint density at radius 3 is 2.71 bits per heavy atom. The molecule has 0 unspecified atom stereocenters. The van der Waals surface area contributed by atoms with E-state index in [9.17, 15) is 4.79 Å². The van der Waals surface area contributed by atoms with Crippen LogP contribution in [0.15, 0.2) is 18.2 Å². The molecule has 24 heavy (non-hydrogen) atoms. The number of aromatic amines is 1. The maximum atomic E-state index is 12.8. The van der Waals surface area contributed by atoms with E-state index < -0.39 is 5.41 Å². The molecular formula is C16H24Cl2N4O2. The number of aryl methyl sites for hydroxylation is 1. The summed E-state index contributed by atoms with van der Waals surface area (Å²) in [6.07, 6.45) is 1.58. The predicted octanol–water partition coefficient (Wildman–Crippen LogP) is 2.67. The van der Waals surface area contributed by atoms with Gasteiger partial charge < -0.3 is 20.4 Å². The number of aromatic nitrogens is 2. The Morgan fingerprint density at radius 2 is 2.04 bits per heavy atom. The van der Waals surface area contributed by atoms with Crippen LogP contribution in [0.3, 0.4) is 0 Å². The standard InChI is InChI=1S/C16H22N4O2.2ClH/c1-11-18-13-4-3-12(9-14(13)19-11)20-15(21)16(10-22-2)5-7-17-8-6-16;;/h3-4,9,17H,5-8,10H2,1-2H3,(H,18,19)(H,20,21);2*1H. The van der Waals surface area contributed by atoms with Crippen LogP contribution in [0.5, 0.6) is 0 Å². The zero-order valence-electron chi connectivity index (χ0n) is 13.8. The Hall–Kier alpha value is -1.34. The molecule has 1 aromatic heterocycles. The van der Waals surface area contributed by atoms with E-state index in [4.69, 9.17) is 4.74 Å². The molecule has 1 fully saturated rings. The fraction of sp³-hybridized carbons (Fsp3) is 0.500. The summed E-state index contributed by atoms with van der Waals surface area (Å²) >= 11 is 0. The second-order valence-electron chi connectivity index (χ2n) is 5.97. The molecule has 0 aliphatic carbocycles. The molecule has 1 amide bonds. The molecule has 0 radical (unpaired) electrons. The molecule has 1 aromatic carbocycles. The molecule has 0 spiro atoms. The fourth-order valence-electron chi connectivity index (χ4n) is 3.10. The highest BCUT2D eigenvalue weighted by atomic mass is 35.5. The van der Waals surface area contributed by atoms with Crippen molar-refractivity contribution in [2.45, 2.75) is 19.8 Å². The molecule has 8 heteroatoms. The average molecular weight is 375 g/mol. The molecule has 1 aliphatic heterocycles. The molecule has 0 saturated carbocycles. The van der Waals surface area contributed by atoms with Crippen molar-refractivity contribution in [1.82, 2.24) is 15.3 Å². The van der Waals surface area contributed by atoms with E-state index in [0.717, 1.165) is 48.5 Å². The van der Waals surface area contributed by atoms with Gasteiger partial charge in [-0.1, -0.05) is 0 Å². The minimum Gasteiger partial charge on any atom is -0.384 e. The zero-order valence-corrected chi connectivity index (χ0v) is 15.5. The number of methoxy groups -OCH3 is 1. The van der Waals surface area contributed by atoms with Crippen LogP contribution in [0.2, 0.25) is 0 Å². The number of imidazole rings is 1. The number of rotatable bonds is 4. The number of nitrogens with zero attached hydrogens (tertiary/aromatic N) is 1. The van der Waals surface area contributed by atoms with E-state index in [2.05, 4.69) is 20.6 Å². The van der Waals surface area contributed by atoms with E-state index in [0.29, 0.717) is 6.61 Å². The van der Waals surface area contributed by atoms with Gasteiger partial charge in [0.1, 0.15) is 5.82 Å². The lowest BCUT2D eigenvalue weighted by atomic mass is 9.78. The summed E-state index contributed by atoms with van der Waals surface area (Å²) in [5.74, 6) is 0.902. The number of fused-ring (bicyclic) bond motifs is 1. The number of benzene rings is 1. The number of nitrogens with one attached hydrogen (secondary N) is 3. The molecule has 134 valence electrons. The van der Waals surface area contributed by atoms with E-state index >= 15 is 0 Å². The predicted molar refractivity (Wildman–Crippen MR) is 100 cm³/mol. The second kappa shape index (κ2) is 8.67. The lowest BCUT2D eigenvalue weighted by Crippen LogP contribution is -2.47. The third kappa shape index (κ3) is 4.19. The summed E-state index contributed by atoms with van der Waals surface area (Å²) in [5.41, 5.74) is 2.18. The Balaban J connectivity index is 0.00000144. The van der Waals surface area contributed by atoms with Gasteiger partial charge in [0.15, 0.2) is 0 Å². The molecule has 6 nitrogen and oxygen atoms in total. The number of piperidine rings is 1. The van der Waals surface area contributed by atoms with Gasteiger partial charge in [-0.3, -0.25) is 4.79 Å². The number of anilines is 1.